The van der Waals surface area contributed by atoms with E-state index in [0.29, 0.717) is 19.4 Å². The number of Topliss-reactive ketones (excluding diaryl/α,β-unsaturated/α-hetero) is 1. The fraction of sp³-hybridized carbons (Fsp3) is 0.846. The van der Waals surface area contributed by atoms with Crippen molar-refractivity contribution in [2.45, 2.75) is 104 Å². The summed E-state index contributed by atoms with van der Waals surface area (Å²) in [6.45, 7) is 10.5. The third-order valence-electron chi connectivity index (χ3n) is 10.3. The fourth-order valence-electron chi connectivity index (χ4n) is 7.58. The highest BCUT2D eigenvalue weighted by Crippen LogP contribution is 2.88. The van der Waals surface area contributed by atoms with Gasteiger partial charge in [-0.2, -0.15) is 5.48 Å². The molecule has 3 aliphatic carbocycles. The quantitative estimate of drug-likeness (QED) is 0.302. The van der Waals surface area contributed by atoms with Gasteiger partial charge in [0, 0.05) is 12.0 Å². The number of primary amides is 1. The minimum atomic E-state index is -1.06. The van der Waals surface area contributed by atoms with Gasteiger partial charge in [0.15, 0.2) is 0 Å². The highest BCUT2D eigenvalue weighted by atomic mass is 16.5. The summed E-state index contributed by atoms with van der Waals surface area (Å²) in [6, 6.07) is -2.63. The molecule has 4 atom stereocenters. The van der Waals surface area contributed by atoms with E-state index in [1.165, 1.54) is 0 Å². The Labute approximate surface area is 207 Å². The SMILES string of the molecule is CC(C)(C)[C@H](NO)C(=O)N1C[C@]2(C[C@H]1C(=O)NC(CC1CCC1)C(=O)C(N)=O)C(C)(C)C21CCC1. The van der Waals surface area contributed by atoms with Gasteiger partial charge in [0.1, 0.15) is 12.1 Å². The van der Waals surface area contributed by atoms with E-state index in [1.807, 2.05) is 20.8 Å². The summed E-state index contributed by atoms with van der Waals surface area (Å²) in [5.41, 5.74) is 6.82. The van der Waals surface area contributed by atoms with Gasteiger partial charge >= 0.3 is 0 Å². The number of nitrogens with zero attached hydrogens (tertiary/aromatic N) is 1. The number of amides is 3. The molecule has 5 N–H and O–H groups in total. The number of ketones is 1. The number of rotatable bonds is 8. The first-order valence-corrected chi connectivity index (χ1v) is 13.1. The van der Waals surface area contributed by atoms with Crippen LogP contribution in [0.25, 0.3) is 0 Å². The Kier molecular flexibility index (Phi) is 6.36. The van der Waals surface area contributed by atoms with Gasteiger partial charge in [0.05, 0.1) is 6.04 Å². The van der Waals surface area contributed by atoms with Crippen LogP contribution in [0, 0.1) is 27.6 Å². The van der Waals surface area contributed by atoms with Gasteiger partial charge in [-0.15, -0.1) is 0 Å². The number of carbonyl (C=O) groups excluding carboxylic acids is 4. The van der Waals surface area contributed by atoms with E-state index >= 15 is 0 Å². The molecule has 0 aromatic heterocycles. The van der Waals surface area contributed by atoms with Gasteiger partial charge in [0.2, 0.25) is 17.6 Å². The van der Waals surface area contributed by atoms with Crippen molar-refractivity contribution in [1.29, 1.82) is 0 Å². The standard InChI is InChI=1S/C26H42N4O5/c1-23(2,3)19(29-35)22(34)30-14-26(24(4,5)25(26)10-7-11-25)13-17(30)21(33)28-16(18(31)20(27)32)12-15-8-6-9-15/h15-17,19,29,35H,6-14H2,1-5H3,(H2,27,32)(H,28,33)/t16?,17-,19+,26+/m0/s1. The van der Waals surface area contributed by atoms with Crippen molar-refractivity contribution in [3.8, 4) is 0 Å². The van der Waals surface area contributed by atoms with Crippen molar-refractivity contribution in [3.05, 3.63) is 0 Å². The molecule has 2 spiro atoms. The molecule has 9 nitrogen and oxygen atoms in total. The Morgan fingerprint density at radius 3 is 2.11 bits per heavy atom. The predicted octanol–water partition coefficient (Wildman–Crippen LogP) is 1.91. The fourth-order valence-corrected chi connectivity index (χ4v) is 7.58. The largest absolute Gasteiger partial charge is 0.363 e. The number of hydrogen-bond acceptors (Lipinski definition) is 6. The molecule has 35 heavy (non-hydrogen) atoms. The van der Waals surface area contributed by atoms with Gasteiger partial charge in [-0.05, 0) is 47.8 Å². The first kappa shape index (κ1) is 26.1. The van der Waals surface area contributed by atoms with E-state index in [0.717, 1.165) is 38.5 Å². The van der Waals surface area contributed by atoms with Gasteiger partial charge in [-0.25, -0.2) is 0 Å². The van der Waals surface area contributed by atoms with Crippen LogP contribution in [-0.2, 0) is 19.2 Å². The van der Waals surface area contributed by atoms with E-state index in [2.05, 4.69) is 24.6 Å². The smallest absolute Gasteiger partial charge is 0.287 e. The molecular weight excluding hydrogens is 448 g/mol. The van der Waals surface area contributed by atoms with Crippen molar-refractivity contribution in [1.82, 2.24) is 15.7 Å². The van der Waals surface area contributed by atoms with Gasteiger partial charge in [-0.1, -0.05) is 60.3 Å². The summed E-state index contributed by atoms with van der Waals surface area (Å²) < 4.78 is 0. The lowest BCUT2D eigenvalue weighted by molar-refractivity contribution is -0.146. The van der Waals surface area contributed by atoms with Crippen molar-refractivity contribution >= 4 is 23.5 Å². The molecule has 0 radical (unpaired) electrons. The van der Waals surface area contributed by atoms with Gasteiger partial charge < -0.3 is 21.2 Å². The molecular formula is C26H42N4O5. The number of carbonyl (C=O) groups is 4. The monoisotopic (exact) mass is 490 g/mol. The average Bonchev–Trinajstić information content (AvgIpc) is 2.95. The first-order valence-electron chi connectivity index (χ1n) is 13.1. The lowest BCUT2D eigenvalue weighted by atomic mass is 9.73. The molecule has 4 rings (SSSR count). The first-order chi connectivity index (χ1) is 16.2. The van der Waals surface area contributed by atoms with Crippen molar-refractivity contribution < 1.29 is 24.4 Å². The highest BCUT2D eigenvalue weighted by molar-refractivity contribution is 6.37. The summed E-state index contributed by atoms with van der Waals surface area (Å²) in [5.74, 6) is -2.31. The second kappa shape index (κ2) is 8.54. The molecule has 1 aliphatic heterocycles. The summed E-state index contributed by atoms with van der Waals surface area (Å²) in [4.78, 5) is 53.3. The second-order valence-corrected chi connectivity index (χ2v) is 13.1. The summed E-state index contributed by atoms with van der Waals surface area (Å²) in [7, 11) is 0. The normalized spacial score (nSPS) is 30.3. The molecule has 9 heteroatoms. The van der Waals surface area contributed by atoms with Crippen LogP contribution in [0.2, 0.25) is 0 Å². The van der Waals surface area contributed by atoms with Crippen LogP contribution in [0.1, 0.15) is 86.0 Å². The molecule has 0 bridgehead atoms. The van der Waals surface area contributed by atoms with E-state index in [4.69, 9.17) is 5.73 Å². The highest BCUT2D eigenvalue weighted by Gasteiger charge is 2.85. The van der Waals surface area contributed by atoms with E-state index in [9.17, 15) is 24.4 Å². The molecule has 0 aromatic rings. The minimum absolute atomic E-state index is 0.00986. The van der Waals surface area contributed by atoms with Gasteiger partial charge in [-0.3, -0.25) is 19.2 Å². The maximum atomic E-state index is 13.7. The maximum absolute atomic E-state index is 13.7. The molecule has 3 amide bonds. The number of fused-ring (bicyclic) bond motifs is 1. The number of hydrogen-bond donors (Lipinski definition) is 4. The van der Waals surface area contributed by atoms with Crippen LogP contribution in [0.5, 0.6) is 0 Å². The minimum Gasteiger partial charge on any atom is -0.363 e. The van der Waals surface area contributed by atoms with E-state index in [1.54, 1.807) is 4.90 Å². The van der Waals surface area contributed by atoms with Crippen LogP contribution in [0.3, 0.4) is 0 Å². The molecule has 1 heterocycles. The van der Waals surface area contributed by atoms with E-state index < -0.39 is 41.1 Å². The van der Waals surface area contributed by atoms with Gasteiger partial charge in [0.25, 0.3) is 5.91 Å². The zero-order valence-electron chi connectivity index (χ0n) is 21.8. The molecule has 3 saturated carbocycles. The van der Waals surface area contributed by atoms with Crippen LogP contribution >= 0.6 is 0 Å². The van der Waals surface area contributed by atoms with Crippen LogP contribution < -0.4 is 16.5 Å². The Morgan fingerprint density at radius 2 is 1.71 bits per heavy atom. The van der Waals surface area contributed by atoms with E-state index in [-0.39, 0.29) is 28.1 Å². The molecule has 1 saturated heterocycles. The Hall–Kier alpha value is -2.00. The topological polar surface area (TPSA) is 142 Å². The van der Waals surface area contributed by atoms with Crippen LogP contribution in [0.4, 0.5) is 0 Å². The molecule has 0 aromatic carbocycles. The lowest BCUT2D eigenvalue weighted by Crippen LogP contribution is -2.58. The summed E-state index contributed by atoms with van der Waals surface area (Å²) in [6.07, 6.45) is 7.21. The predicted molar refractivity (Wildman–Crippen MR) is 129 cm³/mol. The second-order valence-electron chi connectivity index (χ2n) is 13.1. The summed E-state index contributed by atoms with van der Waals surface area (Å²) >= 11 is 0. The summed E-state index contributed by atoms with van der Waals surface area (Å²) in [5, 5.41) is 12.7. The zero-order valence-corrected chi connectivity index (χ0v) is 21.8. The number of hydroxylamine groups is 1. The molecule has 196 valence electrons. The van der Waals surface area contributed by atoms with Crippen LogP contribution in [0.15, 0.2) is 0 Å². The van der Waals surface area contributed by atoms with Crippen molar-refractivity contribution in [2.75, 3.05) is 6.54 Å². The van der Waals surface area contributed by atoms with Crippen LogP contribution in [-0.4, -0.2) is 58.3 Å². The molecule has 1 unspecified atom stereocenters. The third kappa shape index (κ3) is 3.80. The average molecular weight is 491 g/mol. The lowest BCUT2D eigenvalue weighted by Gasteiger charge is -2.35. The third-order valence-corrected chi connectivity index (χ3v) is 10.3. The Bertz CT molecular complexity index is 917. The molecule has 4 fully saturated rings. The Balaban J connectivity index is 1.61. The number of likely N-dealkylation sites (tertiary alicyclic amines) is 1. The van der Waals surface area contributed by atoms with Crippen molar-refractivity contribution in [3.63, 3.8) is 0 Å². The van der Waals surface area contributed by atoms with Crippen molar-refractivity contribution in [2.24, 2.45) is 33.3 Å². The Morgan fingerprint density at radius 1 is 1.09 bits per heavy atom. The number of nitrogens with two attached hydrogens (primary N) is 1. The maximum Gasteiger partial charge on any atom is 0.287 e. The molecule has 4 aliphatic rings. The zero-order chi connectivity index (χ0) is 26.0. The number of nitrogens with one attached hydrogen (secondary N) is 2.